The van der Waals surface area contributed by atoms with Crippen LogP contribution in [0.15, 0.2) is 46.9 Å². The minimum atomic E-state index is 0.423. The molecule has 0 bridgehead atoms. The Hall–Kier alpha value is -1.50. The van der Waals surface area contributed by atoms with Crippen molar-refractivity contribution in [3.63, 3.8) is 0 Å². The average molecular weight is 362 g/mol. The van der Waals surface area contributed by atoms with Crippen LogP contribution in [0.2, 0.25) is 5.02 Å². The standard InChI is InChI=1S/C17H14BrClN2/c18-14-4-1-12(10-20)17(9-14)21-16-7-13(8-16)11-2-5-15(19)6-3-11/h1-6,9,13,16,21H,7-8H2. The van der Waals surface area contributed by atoms with Crippen molar-refractivity contribution in [1.82, 2.24) is 0 Å². The molecular formula is C17H14BrClN2. The molecule has 4 heteroatoms. The molecule has 0 radical (unpaired) electrons. The van der Waals surface area contributed by atoms with Gasteiger partial charge in [0.15, 0.2) is 0 Å². The van der Waals surface area contributed by atoms with Crippen LogP contribution in [0.4, 0.5) is 5.69 Å². The van der Waals surface area contributed by atoms with Crippen LogP contribution < -0.4 is 5.32 Å². The van der Waals surface area contributed by atoms with E-state index in [4.69, 9.17) is 16.9 Å². The maximum atomic E-state index is 9.15. The molecule has 0 unspecified atom stereocenters. The number of benzene rings is 2. The van der Waals surface area contributed by atoms with Crippen molar-refractivity contribution >= 4 is 33.2 Å². The first-order valence-electron chi connectivity index (χ1n) is 6.87. The highest BCUT2D eigenvalue weighted by Gasteiger charge is 2.30. The molecule has 1 fully saturated rings. The van der Waals surface area contributed by atoms with Gasteiger partial charge in [0.25, 0.3) is 0 Å². The normalized spacial score (nSPS) is 20.4. The first-order valence-corrected chi connectivity index (χ1v) is 8.04. The Morgan fingerprint density at radius 2 is 1.86 bits per heavy atom. The van der Waals surface area contributed by atoms with Crippen LogP contribution in [0.1, 0.15) is 29.9 Å². The summed E-state index contributed by atoms with van der Waals surface area (Å²) < 4.78 is 0.984. The molecule has 2 aromatic carbocycles. The summed E-state index contributed by atoms with van der Waals surface area (Å²) in [6.45, 7) is 0. The molecule has 1 N–H and O–H groups in total. The van der Waals surface area contributed by atoms with Crippen LogP contribution in [0.25, 0.3) is 0 Å². The Morgan fingerprint density at radius 1 is 1.14 bits per heavy atom. The van der Waals surface area contributed by atoms with E-state index in [1.54, 1.807) is 0 Å². The molecule has 1 aliphatic carbocycles. The maximum Gasteiger partial charge on any atom is 0.101 e. The van der Waals surface area contributed by atoms with Gasteiger partial charge in [-0.25, -0.2) is 0 Å². The largest absolute Gasteiger partial charge is 0.381 e. The van der Waals surface area contributed by atoms with Gasteiger partial charge in [-0.2, -0.15) is 5.26 Å². The van der Waals surface area contributed by atoms with E-state index in [-0.39, 0.29) is 0 Å². The summed E-state index contributed by atoms with van der Waals surface area (Å²) in [7, 11) is 0. The first-order chi connectivity index (χ1) is 10.2. The van der Waals surface area contributed by atoms with E-state index in [1.807, 2.05) is 30.3 Å². The quantitative estimate of drug-likeness (QED) is 0.801. The average Bonchev–Trinajstić information content (AvgIpc) is 2.44. The van der Waals surface area contributed by atoms with Crippen molar-refractivity contribution in [3.8, 4) is 6.07 Å². The minimum absolute atomic E-state index is 0.423. The summed E-state index contributed by atoms with van der Waals surface area (Å²) in [5, 5.41) is 13.4. The molecule has 2 aromatic rings. The second-order valence-electron chi connectivity index (χ2n) is 5.36. The number of hydrogen-bond acceptors (Lipinski definition) is 2. The second kappa shape index (κ2) is 6.09. The van der Waals surface area contributed by atoms with Gasteiger partial charge in [0.2, 0.25) is 0 Å². The van der Waals surface area contributed by atoms with Gasteiger partial charge in [-0.15, -0.1) is 0 Å². The van der Waals surface area contributed by atoms with E-state index in [1.165, 1.54) is 5.56 Å². The Kier molecular flexibility index (Phi) is 4.19. The van der Waals surface area contributed by atoms with Crippen molar-refractivity contribution in [1.29, 1.82) is 5.26 Å². The van der Waals surface area contributed by atoms with Crippen LogP contribution in [0.3, 0.4) is 0 Å². The molecule has 2 nitrogen and oxygen atoms in total. The fourth-order valence-corrected chi connectivity index (χ4v) is 3.18. The highest BCUT2D eigenvalue weighted by Crippen LogP contribution is 2.39. The second-order valence-corrected chi connectivity index (χ2v) is 6.71. The summed E-state index contributed by atoms with van der Waals surface area (Å²) in [5.74, 6) is 0.581. The molecule has 0 heterocycles. The number of nitrogens with zero attached hydrogens (tertiary/aromatic N) is 1. The molecule has 0 saturated heterocycles. The van der Waals surface area contributed by atoms with Gasteiger partial charge >= 0.3 is 0 Å². The Balaban J connectivity index is 1.64. The number of halogens is 2. The monoisotopic (exact) mass is 360 g/mol. The van der Waals surface area contributed by atoms with E-state index in [9.17, 15) is 0 Å². The van der Waals surface area contributed by atoms with Crippen LogP contribution in [0, 0.1) is 11.3 Å². The minimum Gasteiger partial charge on any atom is -0.381 e. The van der Waals surface area contributed by atoms with Gasteiger partial charge in [0.05, 0.1) is 11.3 Å². The van der Waals surface area contributed by atoms with Crippen LogP contribution in [-0.4, -0.2) is 6.04 Å². The summed E-state index contributed by atoms with van der Waals surface area (Å²) in [4.78, 5) is 0. The van der Waals surface area contributed by atoms with Gasteiger partial charge in [0.1, 0.15) is 6.07 Å². The Morgan fingerprint density at radius 3 is 2.52 bits per heavy atom. The summed E-state index contributed by atoms with van der Waals surface area (Å²) in [6.07, 6.45) is 2.16. The SMILES string of the molecule is N#Cc1ccc(Br)cc1NC1CC(c2ccc(Cl)cc2)C1. The predicted octanol–water partition coefficient (Wildman–Crippen LogP) is 5.33. The van der Waals surface area contributed by atoms with Crippen molar-refractivity contribution in [2.24, 2.45) is 0 Å². The maximum absolute atomic E-state index is 9.15. The lowest BCUT2D eigenvalue weighted by Gasteiger charge is -2.37. The van der Waals surface area contributed by atoms with Crippen molar-refractivity contribution < 1.29 is 0 Å². The van der Waals surface area contributed by atoms with Crippen molar-refractivity contribution in [3.05, 3.63) is 63.1 Å². The Bertz CT molecular complexity index is 685. The van der Waals surface area contributed by atoms with Gasteiger partial charge in [-0.1, -0.05) is 39.7 Å². The van der Waals surface area contributed by atoms with E-state index in [2.05, 4.69) is 39.4 Å². The zero-order valence-electron chi connectivity index (χ0n) is 11.3. The predicted molar refractivity (Wildman–Crippen MR) is 89.7 cm³/mol. The fraction of sp³-hybridized carbons (Fsp3) is 0.235. The lowest BCUT2D eigenvalue weighted by Crippen LogP contribution is -2.34. The number of nitrogens with one attached hydrogen (secondary N) is 1. The highest BCUT2D eigenvalue weighted by molar-refractivity contribution is 9.10. The summed E-state index contributed by atoms with van der Waals surface area (Å²) in [6, 6.07) is 16.4. The molecule has 1 saturated carbocycles. The van der Waals surface area contributed by atoms with Crippen LogP contribution in [-0.2, 0) is 0 Å². The third kappa shape index (κ3) is 3.23. The zero-order chi connectivity index (χ0) is 14.8. The van der Waals surface area contributed by atoms with Crippen LogP contribution in [0.5, 0.6) is 0 Å². The van der Waals surface area contributed by atoms with Crippen molar-refractivity contribution in [2.45, 2.75) is 24.8 Å². The molecule has 0 spiro atoms. The molecule has 21 heavy (non-hydrogen) atoms. The molecule has 106 valence electrons. The number of rotatable bonds is 3. The van der Waals surface area contributed by atoms with Gasteiger partial charge < -0.3 is 5.32 Å². The third-order valence-electron chi connectivity index (χ3n) is 3.94. The fourth-order valence-electron chi connectivity index (χ4n) is 2.70. The van der Waals surface area contributed by atoms with E-state index in [0.29, 0.717) is 17.5 Å². The van der Waals surface area contributed by atoms with Crippen LogP contribution >= 0.6 is 27.5 Å². The lowest BCUT2D eigenvalue weighted by atomic mass is 9.76. The van der Waals surface area contributed by atoms with Crippen molar-refractivity contribution in [2.75, 3.05) is 5.32 Å². The Labute approximate surface area is 137 Å². The number of nitriles is 1. The molecule has 3 rings (SSSR count). The zero-order valence-corrected chi connectivity index (χ0v) is 13.7. The summed E-state index contributed by atoms with van der Waals surface area (Å²) >= 11 is 9.36. The van der Waals surface area contributed by atoms with E-state index >= 15 is 0 Å². The smallest absolute Gasteiger partial charge is 0.101 e. The molecule has 0 amide bonds. The first kappa shape index (κ1) is 14.4. The molecule has 0 atom stereocenters. The number of anilines is 1. The molecule has 0 aliphatic heterocycles. The third-order valence-corrected chi connectivity index (χ3v) is 4.69. The molecule has 0 aromatic heterocycles. The van der Waals surface area contributed by atoms with Gasteiger partial charge in [-0.3, -0.25) is 0 Å². The van der Waals surface area contributed by atoms with Gasteiger partial charge in [0, 0.05) is 15.5 Å². The lowest BCUT2D eigenvalue weighted by molar-refractivity contribution is 0.374. The van der Waals surface area contributed by atoms with E-state index < -0.39 is 0 Å². The van der Waals surface area contributed by atoms with Gasteiger partial charge in [-0.05, 0) is 54.7 Å². The van der Waals surface area contributed by atoms with E-state index in [0.717, 1.165) is 28.0 Å². The number of hydrogen-bond donors (Lipinski definition) is 1. The molecule has 1 aliphatic rings. The molecular weight excluding hydrogens is 348 g/mol. The topological polar surface area (TPSA) is 35.8 Å². The summed E-state index contributed by atoms with van der Waals surface area (Å²) in [5.41, 5.74) is 2.94. The highest BCUT2D eigenvalue weighted by atomic mass is 79.9.